The van der Waals surface area contributed by atoms with E-state index in [4.69, 9.17) is 74.9 Å². The number of nitriles is 1. The summed E-state index contributed by atoms with van der Waals surface area (Å²) in [5, 5.41) is 9.77. The molecule has 0 aromatic heterocycles. The summed E-state index contributed by atoms with van der Waals surface area (Å²) in [5.41, 5.74) is -16.3. The minimum Gasteiger partial charge on any atom is -0.319 e. The van der Waals surface area contributed by atoms with Gasteiger partial charge in [0.2, 0.25) is 0 Å². The van der Waals surface area contributed by atoms with E-state index < -0.39 is 90.4 Å². The molecule has 0 atom stereocenters. The highest BCUT2D eigenvalue weighted by atomic mass is 127. The normalized spacial score (nSPS) is 12.6. The maximum Gasteiger partial charge on any atom is 0.435 e. The Morgan fingerprint density at radius 2 is 0.797 bits per heavy atom. The number of carbonyl (C=O) groups excluding carboxylic acids is 2. The van der Waals surface area contributed by atoms with E-state index in [-0.39, 0.29) is 51.0 Å². The van der Waals surface area contributed by atoms with Crippen molar-refractivity contribution in [1.29, 1.82) is 5.26 Å². The predicted octanol–water partition coefficient (Wildman–Crippen LogP) is 14.9. The van der Waals surface area contributed by atoms with Gasteiger partial charge in [-0.2, -0.15) is 57.9 Å². The second-order valence-electron chi connectivity index (χ2n) is 11.3. The average Bonchev–Trinajstić information content (AvgIpc) is 3.09. The third-order valence-corrected chi connectivity index (χ3v) is 10.5. The van der Waals surface area contributed by atoms with Gasteiger partial charge in [-0.1, -0.05) is 69.6 Å². The molecule has 0 saturated carbocycles. The maximum absolute atomic E-state index is 14.2. The Morgan fingerprint density at radius 3 is 1.07 bits per heavy atom. The largest absolute Gasteiger partial charge is 0.435 e. The van der Waals surface area contributed by atoms with E-state index in [0.717, 1.165) is 6.07 Å². The van der Waals surface area contributed by atoms with Gasteiger partial charge in [0.05, 0.1) is 47.1 Å². The monoisotopic (exact) mass is 1080 g/mol. The highest BCUT2D eigenvalue weighted by Crippen LogP contribution is 2.56. The van der Waals surface area contributed by atoms with Gasteiger partial charge >= 0.3 is 36.0 Å². The zero-order chi connectivity index (χ0) is 45.4. The van der Waals surface area contributed by atoms with E-state index in [0.29, 0.717) is 3.57 Å². The quantitative estimate of drug-likeness (QED) is 0.149. The number of hydrogen-bond acceptors (Lipinski definition) is 3. The first kappa shape index (κ1) is 50.2. The smallest absolute Gasteiger partial charge is 0.319 e. The third-order valence-electron chi connectivity index (χ3n) is 7.45. The van der Waals surface area contributed by atoms with E-state index in [1.807, 2.05) is 22.6 Å². The second kappa shape index (κ2) is 18.0. The molecule has 5 nitrogen and oxygen atoms in total. The molecular formula is C33H12Cl6F14IN3O2. The number of anilines is 2. The fourth-order valence-corrected chi connectivity index (χ4v) is 6.42. The van der Waals surface area contributed by atoms with Crippen LogP contribution in [0, 0.1) is 14.9 Å². The Labute approximate surface area is 364 Å². The number of halogens is 21. The van der Waals surface area contributed by atoms with Crippen LogP contribution >= 0.6 is 92.2 Å². The van der Waals surface area contributed by atoms with Crippen LogP contribution in [0.25, 0.3) is 0 Å². The molecule has 59 heavy (non-hydrogen) atoms. The molecule has 0 fully saturated rings. The van der Waals surface area contributed by atoms with Gasteiger partial charge in [-0.15, -0.1) is 0 Å². The fourth-order valence-electron chi connectivity index (χ4n) is 4.51. The number of alkyl halides is 14. The van der Waals surface area contributed by atoms with Gasteiger partial charge < -0.3 is 10.6 Å². The van der Waals surface area contributed by atoms with Gasteiger partial charge in [0.25, 0.3) is 11.8 Å². The van der Waals surface area contributed by atoms with Gasteiger partial charge in [0, 0.05) is 25.8 Å². The molecule has 2 N–H and O–H groups in total. The van der Waals surface area contributed by atoms with Crippen molar-refractivity contribution < 1.29 is 71.1 Å². The number of benzene rings is 4. The van der Waals surface area contributed by atoms with Crippen LogP contribution in [-0.4, -0.2) is 36.5 Å². The molecule has 26 heteroatoms. The molecule has 0 bridgehead atoms. The molecule has 0 aliphatic heterocycles. The minimum atomic E-state index is -6.36. The fraction of sp³-hybridized carbons (Fsp3) is 0.182. The first-order valence-corrected chi connectivity index (χ1v) is 18.0. The highest BCUT2D eigenvalue weighted by molar-refractivity contribution is 14.1. The maximum atomic E-state index is 14.2. The van der Waals surface area contributed by atoms with Crippen molar-refractivity contribution in [3.63, 3.8) is 0 Å². The second-order valence-corrected chi connectivity index (χ2v) is 14.9. The van der Waals surface area contributed by atoms with Gasteiger partial charge in [-0.05, 0) is 83.3 Å². The number of amides is 2. The van der Waals surface area contributed by atoms with E-state index in [1.165, 1.54) is 30.3 Å². The van der Waals surface area contributed by atoms with Crippen LogP contribution in [0.15, 0.2) is 60.7 Å². The predicted molar refractivity (Wildman–Crippen MR) is 199 cm³/mol. The summed E-state index contributed by atoms with van der Waals surface area (Å²) in [6, 6.07) is 9.68. The van der Waals surface area contributed by atoms with Crippen LogP contribution in [0.5, 0.6) is 0 Å². The van der Waals surface area contributed by atoms with Crippen molar-refractivity contribution in [1.82, 2.24) is 0 Å². The summed E-state index contributed by atoms with van der Waals surface area (Å²) >= 11 is 36.3. The average molecular weight is 1090 g/mol. The van der Waals surface area contributed by atoms with Crippen molar-refractivity contribution in [3.05, 3.63) is 122 Å². The zero-order valence-corrected chi connectivity index (χ0v) is 34.2. The summed E-state index contributed by atoms with van der Waals surface area (Å²) in [6.07, 6.45) is -25.4. The van der Waals surface area contributed by atoms with Crippen molar-refractivity contribution >= 4 is 115 Å². The zero-order valence-electron chi connectivity index (χ0n) is 27.5. The number of nitrogens with one attached hydrogen (secondary N) is 2. The van der Waals surface area contributed by atoms with Crippen molar-refractivity contribution in [2.45, 2.75) is 36.0 Å². The van der Waals surface area contributed by atoms with Crippen LogP contribution in [0.3, 0.4) is 0 Å². The minimum absolute atomic E-state index is 0.0112. The lowest BCUT2D eigenvalue weighted by molar-refractivity contribution is -0.349. The van der Waals surface area contributed by atoms with Crippen molar-refractivity contribution in [2.24, 2.45) is 0 Å². The van der Waals surface area contributed by atoms with E-state index in [9.17, 15) is 71.1 Å². The molecule has 0 heterocycles. The van der Waals surface area contributed by atoms with Crippen LogP contribution in [0.2, 0.25) is 30.1 Å². The molecule has 0 spiro atoms. The van der Waals surface area contributed by atoms with Crippen LogP contribution < -0.4 is 10.6 Å². The lowest BCUT2D eigenvalue weighted by Gasteiger charge is -2.30. The molecule has 0 aliphatic rings. The molecule has 2 amide bonds. The summed E-state index contributed by atoms with van der Waals surface area (Å²) in [7, 11) is 0. The Kier molecular flexibility index (Phi) is 15.3. The van der Waals surface area contributed by atoms with Crippen molar-refractivity contribution in [3.8, 4) is 6.07 Å². The molecule has 4 aromatic rings. The highest BCUT2D eigenvalue weighted by Gasteiger charge is 2.74. The van der Waals surface area contributed by atoms with E-state index in [2.05, 4.69) is 10.6 Å². The Bertz CT molecular complexity index is 2260. The summed E-state index contributed by atoms with van der Waals surface area (Å²) < 4.78 is 184. The number of hydrogen-bond donors (Lipinski definition) is 2. The van der Waals surface area contributed by atoms with Crippen LogP contribution in [0.4, 0.5) is 72.8 Å². The Hall–Kier alpha value is -3.20. The first-order valence-electron chi connectivity index (χ1n) is 14.6. The summed E-state index contributed by atoms with van der Waals surface area (Å²) in [5.74, 6) is -1.80. The number of rotatable bonds is 6. The standard InChI is InChI=1S/C17H6Cl3F7N2O.C16H6Cl3F7INO/c18-10-3-7(1-2-8(10)6-28)14(30)29-13-11(19)4-9(5-12(13)20)15(21,16(22,23)24)17(25,26)27;17-8-3-6(1-2-11(8)27)13(29)28-12-9(18)4-7(5-10(12)19)14(20,15(21,22)23)16(24,25)26/h1-5H,(H,29,30);1-5H,(H,28,29). The molecule has 4 rings (SSSR count). The van der Waals surface area contributed by atoms with Crippen LogP contribution in [0.1, 0.15) is 37.4 Å². The molecule has 4 aromatic carbocycles. The Morgan fingerprint density at radius 1 is 0.492 bits per heavy atom. The third kappa shape index (κ3) is 10.5. The number of carbonyl (C=O) groups is 2. The SMILES string of the molecule is N#Cc1ccc(C(=O)Nc2c(Cl)cc(C(F)(C(F)(F)F)C(F)(F)F)cc2Cl)cc1Cl.O=C(Nc1c(Cl)cc(C(F)(C(F)(F)F)C(F)(F)F)cc1Cl)c1ccc(I)c(Cl)c1. The Balaban J connectivity index is 0.000000316. The van der Waals surface area contributed by atoms with E-state index >= 15 is 0 Å². The van der Waals surface area contributed by atoms with Gasteiger partial charge in [-0.25, -0.2) is 8.78 Å². The van der Waals surface area contributed by atoms with Crippen LogP contribution in [-0.2, 0) is 11.3 Å². The molecule has 0 radical (unpaired) electrons. The molecular weight excluding hydrogens is 1080 g/mol. The summed E-state index contributed by atoms with van der Waals surface area (Å²) in [4.78, 5) is 24.5. The lowest BCUT2D eigenvalue weighted by atomic mass is 9.94. The summed E-state index contributed by atoms with van der Waals surface area (Å²) in [6.45, 7) is 0. The lowest BCUT2D eigenvalue weighted by Crippen LogP contribution is -2.50. The first-order chi connectivity index (χ1) is 26.7. The van der Waals surface area contributed by atoms with E-state index in [1.54, 1.807) is 6.07 Å². The van der Waals surface area contributed by atoms with Gasteiger partial charge in [-0.3, -0.25) is 9.59 Å². The van der Waals surface area contributed by atoms with Crippen molar-refractivity contribution in [2.75, 3.05) is 10.6 Å². The molecule has 0 saturated heterocycles. The van der Waals surface area contributed by atoms with Gasteiger partial charge in [0.15, 0.2) is 0 Å². The molecule has 0 unspecified atom stereocenters. The van der Waals surface area contributed by atoms with Gasteiger partial charge in [0.1, 0.15) is 6.07 Å². The molecule has 0 aliphatic carbocycles. The molecule has 318 valence electrons. The topological polar surface area (TPSA) is 82.0 Å². The number of nitrogens with zero attached hydrogens (tertiary/aromatic N) is 1.